The molecule has 0 aliphatic carbocycles. The first kappa shape index (κ1) is 18.7. The summed E-state index contributed by atoms with van der Waals surface area (Å²) in [5, 5.41) is 0.987. The van der Waals surface area contributed by atoms with E-state index in [9.17, 15) is 4.57 Å². The molecule has 0 saturated carbocycles. The summed E-state index contributed by atoms with van der Waals surface area (Å²) in [6.07, 6.45) is 0.256. The molecule has 0 unspecified atom stereocenters. The van der Waals surface area contributed by atoms with E-state index >= 15 is 0 Å². The molecule has 0 saturated heterocycles. The van der Waals surface area contributed by atoms with Crippen LogP contribution in [0.2, 0.25) is 0 Å². The van der Waals surface area contributed by atoms with Crippen LogP contribution in [0.4, 0.5) is 0 Å². The lowest BCUT2D eigenvalue weighted by atomic mass is 10.1. The molecule has 0 amide bonds. The van der Waals surface area contributed by atoms with Crippen molar-refractivity contribution in [1.29, 1.82) is 0 Å². The highest BCUT2D eigenvalue weighted by Crippen LogP contribution is 2.51. The van der Waals surface area contributed by atoms with Crippen LogP contribution in [-0.4, -0.2) is 20.3 Å². The summed E-state index contributed by atoms with van der Waals surface area (Å²) in [6, 6.07) is 15.4. The van der Waals surface area contributed by atoms with Crippen LogP contribution < -0.4 is 4.74 Å². The van der Waals surface area contributed by atoms with Gasteiger partial charge in [-0.1, -0.05) is 24.3 Å². The van der Waals surface area contributed by atoms with Crippen LogP contribution in [0.25, 0.3) is 22.3 Å². The topological polar surface area (TPSA) is 57.9 Å². The standard InChI is InChI=1S/C20H23O5P/c1-4-23-26(21,24-5-2)14-15-6-8-16(9-7-15)20-13-17-12-18(22-3)10-11-19(17)25-20/h6-13H,4-5,14H2,1-3H3. The van der Waals surface area contributed by atoms with Gasteiger partial charge in [0.15, 0.2) is 0 Å². The highest BCUT2D eigenvalue weighted by molar-refractivity contribution is 7.53. The third kappa shape index (κ3) is 4.18. The Balaban J connectivity index is 1.82. The van der Waals surface area contributed by atoms with Crippen molar-refractivity contribution in [1.82, 2.24) is 0 Å². The Bertz CT molecular complexity index is 904. The van der Waals surface area contributed by atoms with Crippen LogP contribution in [-0.2, 0) is 19.8 Å². The van der Waals surface area contributed by atoms with Gasteiger partial charge in [-0.05, 0) is 43.7 Å². The zero-order valence-corrected chi connectivity index (χ0v) is 16.1. The summed E-state index contributed by atoms with van der Waals surface area (Å²) in [5.74, 6) is 1.57. The van der Waals surface area contributed by atoms with E-state index in [0.29, 0.717) is 13.2 Å². The number of benzene rings is 2. The number of ether oxygens (including phenoxy) is 1. The molecule has 0 aliphatic heterocycles. The van der Waals surface area contributed by atoms with Gasteiger partial charge in [0.2, 0.25) is 0 Å². The number of rotatable bonds is 8. The third-order valence-corrected chi connectivity index (χ3v) is 6.05. The van der Waals surface area contributed by atoms with Gasteiger partial charge in [-0.25, -0.2) is 0 Å². The molecule has 0 fully saturated rings. The van der Waals surface area contributed by atoms with Gasteiger partial charge in [0, 0.05) is 10.9 Å². The van der Waals surface area contributed by atoms with Crippen molar-refractivity contribution in [2.75, 3.05) is 20.3 Å². The Morgan fingerprint density at radius 2 is 1.65 bits per heavy atom. The maximum atomic E-state index is 12.6. The summed E-state index contributed by atoms with van der Waals surface area (Å²) >= 11 is 0. The van der Waals surface area contributed by atoms with E-state index in [1.165, 1.54) is 0 Å². The molecule has 1 heterocycles. The summed E-state index contributed by atoms with van der Waals surface area (Å²) in [4.78, 5) is 0. The van der Waals surface area contributed by atoms with Crippen LogP contribution >= 0.6 is 7.60 Å². The predicted molar refractivity (Wildman–Crippen MR) is 103 cm³/mol. The molecule has 3 aromatic rings. The highest BCUT2D eigenvalue weighted by atomic mass is 31.2. The number of hydrogen-bond acceptors (Lipinski definition) is 5. The molecular weight excluding hydrogens is 351 g/mol. The van der Waals surface area contributed by atoms with Gasteiger partial charge in [-0.2, -0.15) is 0 Å². The Labute approximate surface area is 153 Å². The molecule has 138 valence electrons. The maximum Gasteiger partial charge on any atom is 0.335 e. The molecule has 26 heavy (non-hydrogen) atoms. The van der Waals surface area contributed by atoms with Gasteiger partial charge >= 0.3 is 7.60 Å². The Hall–Kier alpha value is -2.07. The summed E-state index contributed by atoms with van der Waals surface area (Å²) in [6.45, 7) is 4.34. The fraction of sp³-hybridized carbons (Fsp3) is 0.300. The van der Waals surface area contributed by atoms with Crippen molar-refractivity contribution >= 4 is 18.6 Å². The predicted octanol–water partition coefficient (Wildman–Crippen LogP) is 5.87. The minimum Gasteiger partial charge on any atom is -0.497 e. The van der Waals surface area contributed by atoms with Gasteiger partial charge in [-0.3, -0.25) is 4.57 Å². The molecule has 2 aromatic carbocycles. The molecule has 1 aromatic heterocycles. The first-order valence-corrected chi connectivity index (χ1v) is 10.3. The van der Waals surface area contributed by atoms with E-state index in [4.69, 9.17) is 18.2 Å². The molecular formula is C20H23O5P. The number of methoxy groups -OCH3 is 1. The first-order valence-electron chi connectivity index (χ1n) is 8.62. The van der Waals surface area contributed by atoms with Gasteiger partial charge in [0.25, 0.3) is 0 Å². The fourth-order valence-corrected chi connectivity index (χ4v) is 4.51. The van der Waals surface area contributed by atoms with E-state index in [1.54, 1.807) is 7.11 Å². The Kier molecular flexibility index (Phi) is 5.82. The zero-order chi connectivity index (χ0) is 18.6. The van der Waals surface area contributed by atoms with Crippen LogP contribution in [0.5, 0.6) is 5.75 Å². The largest absolute Gasteiger partial charge is 0.497 e. The average molecular weight is 374 g/mol. The van der Waals surface area contributed by atoms with E-state index in [0.717, 1.165) is 33.6 Å². The van der Waals surface area contributed by atoms with E-state index < -0.39 is 7.60 Å². The van der Waals surface area contributed by atoms with Crippen molar-refractivity contribution in [2.45, 2.75) is 20.0 Å². The minimum atomic E-state index is -3.10. The van der Waals surface area contributed by atoms with Gasteiger partial charge in [0.1, 0.15) is 17.1 Å². The lowest BCUT2D eigenvalue weighted by Crippen LogP contribution is -1.99. The SMILES string of the molecule is CCOP(=O)(Cc1ccc(-c2cc3cc(OC)ccc3o2)cc1)OCC. The number of furan rings is 1. The van der Waals surface area contributed by atoms with Crippen molar-refractivity contribution in [3.63, 3.8) is 0 Å². The van der Waals surface area contributed by atoms with Crippen LogP contribution in [0.1, 0.15) is 19.4 Å². The van der Waals surface area contributed by atoms with Crippen molar-refractivity contribution < 1.29 is 22.8 Å². The summed E-state index contributed by atoms with van der Waals surface area (Å²) in [5.41, 5.74) is 2.66. The number of fused-ring (bicyclic) bond motifs is 1. The quantitative estimate of drug-likeness (QED) is 0.461. The summed E-state index contributed by atoms with van der Waals surface area (Å²) in [7, 11) is -1.46. The second kappa shape index (κ2) is 8.09. The van der Waals surface area contributed by atoms with E-state index in [-0.39, 0.29) is 6.16 Å². The second-order valence-corrected chi connectivity index (χ2v) is 7.87. The third-order valence-electron chi connectivity index (χ3n) is 3.99. The molecule has 3 rings (SSSR count). The molecule has 0 spiro atoms. The zero-order valence-electron chi connectivity index (χ0n) is 15.2. The number of hydrogen-bond donors (Lipinski definition) is 0. The molecule has 0 bridgehead atoms. The molecule has 0 radical (unpaired) electrons. The average Bonchev–Trinajstić information content (AvgIpc) is 3.05. The maximum absolute atomic E-state index is 12.6. The van der Waals surface area contributed by atoms with Gasteiger partial charge < -0.3 is 18.2 Å². The Morgan fingerprint density at radius 3 is 2.27 bits per heavy atom. The van der Waals surface area contributed by atoms with Crippen molar-refractivity contribution in [2.24, 2.45) is 0 Å². The first-order chi connectivity index (χ1) is 12.6. The van der Waals surface area contributed by atoms with Crippen LogP contribution in [0, 0.1) is 0 Å². The lowest BCUT2D eigenvalue weighted by Gasteiger charge is -2.17. The van der Waals surface area contributed by atoms with Crippen molar-refractivity contribution in [3.05, 3.63) is 54.1 Å². The van der Waals surface area contributed by atoms with E-state index in [2.05, 4.69) is 0 Å². The van der Waals surface area contributed by atoms with Crippen molar-refractivity contribution in [3.8, 4) is 17.1 Å². The second-order valence-electron chi connectivity index (χ2n) is 5.82. The van der Waals surface area contributed by atoms with Gasteiger partial charge in [-0.15, -0.1) is 0 Å². The monoisotopic (exact) mass is 374 g/mol. The lowest BCUT2D eigenvalue weighted by molar-refractivity contribution is 0.219. The molecule has 5 nitrogen and oxygen atoms in total. The minimum absolute atomic E-state index is 0.256. The highest BCUT2D eigenvalue weighted by Gasteiger charge is 2.24. The Morgan fingerprint density at radius 1 is 0.962 bits per heavy atom. The summed E-state index contributed by atoms with van der Waals surface area (Å²) < 4.78 is 34.5. The molecule has 6 heteroatoms. The molecule has 0 atom stereocenters. The van der Waals surface area contributed by atoms with Crippen LogP contribution in [0.15, 0.2) is 52.9 Å². The van der Waals surface area contributed by atoms with Crippen LogP contribution in [0.3, 0.4) is 0 Å². The fourth-order valence-electron chi connectivity index (χ4n) is 2.81. The normalized spacial score (nSPS) is 11.8. The molecule has 0 aliphatic rings. The molecule has 0 N–H and O–H groups in total. The van der Waals surface area contributed by atoms with Gasteiger partial charge in [0.05, 0.1) is 26.5 Å². The van der Waals surface area contributed by atoms with E-state index in [1.807, 2.05) is 62.4 Å². The smallest absolute Gasteiger partial charge is 0.335 e.